The predicted molar refractivity (Wildman–Crippen MR) is 140 cm³/mol. The summed E-state index contributed by atoms with van der Waals surface area (Å²) < 4.78 is 6.62. The molecule has 0 unspecified atom stereocenters. The van der Waals surface area contributed by atoms with E-state index < -0.39 is 17.8 Å². The molecule has 0 bridgehead atoms. The lowest BCUT2D eigenvalue weighted by molar-refractivity contribution is -0.120. The topological polar surface area (TPSA) is 75.7 Å². The molecule has 0 atom stereocenters. The van der Waals surface area contributed by atoms with E-state index in [1.807, 2.05) is 32.9 Å². The Bertz CT molecular complexity index is 1350. The number of halogens is 2. The van der Waals surface area contributed by atoms with E-state index in [-0.39, 0.29) is 10.7 Å². The Morgan fingerprint density at radius 3 is 2.15 bits per heavy atom. The molecule has 6 nitrogen and oxygen atoms in total. The number of nitrogens with zero attached hydrogens (tertiary/aromatic N) is 1. The van der Waals surface area contributed by atoms with Gasteiger partial charge in [-0.2, -0.15) is 0 Å². The van der Waals surface area contributed by atoms with E-state index in [0.29, 0.717) is 22.7 Å². The monoisotopic (exact) mass is 586 g/mol. The second-order valence-corrected chi connectivity index (χ2v) is 9.48. The Kier molecular flexibility index (Phi) is 6.77. The Morgan fingerprint density at radius 1 is 0.882 bits per heavy atom. The number of carbonyl (C=O) groups excluding carboxylic acids is 3. The lowest BCUT2D eigenvalue weighted by Crippen LogP contribution is -2.32. The molecule has 1 heterocycles. The second kappa shape index (κ2) is 9.60. The lowest BCUT2D eigenvalue weighted by Gasteiger charge is -2.15. The van der Waals surface area contributed by atoms with Gasteiger partial charge in [-0.3, -0.25) is 9.59 Å². The van der Waals surface area contributed by atoms with Gasteiger partial charge in [0.2, 0.25) is 0 Å². The van der Waals surface area contributed by atoms with Crippen LogP contribution in [0, 0.1) is 24.3 Å². The summed E-state index contributed by atoms with van der Waals surface area (Å²) in [6.45, 7) is 5.76. The minimum atomic E-state index is -0.598. The van der Waals surface area contributed by atoms with Crippen molar-refractivity contribution < 1.29 is 19.1 Å². The average molecular weight is 587 g/mol. The summed E-state index contributed by atoms with van der Waals surface area (Å²) in [6, 6.07) is 17.3. The number of benzene rings is 3. The number of aryl methyl sites for hydroxylation is 2. The molecule has 34 heavy (non-hydrogen) atoms. The molecule has 1 aliphatic rings. The predicted octanol–water partition coefficient (Wildman–Crippen LogP) is 5.87. The summed E-state index contributed by atoms with van der Waals surface area (Å²) in [5, 5.41) is 2.71. The molecule has 0 saturated carbocycles. The van der Waals surface area contributed by atoms with Gasteiger partial charge in [-0.25, -0.2) is 9.69 Å². The van der Waals surface area contributed by atoms with Crippen LogP contribution in [0.25, 0.3) is 0 Å². The first-order chi connectivity index (χ1) is 16.2. The van der Waals surface area contributed by atoms with Gasteiger partial charge < -0.3 is 10.1 Å². The van der Waals surface area contributed by atoms with Crippen LogP contribution in [-0.2, 0) is 9.59 Å². The smallest absolute Gasteiger partial charge is 0.343 e. The first-order valence-electron chi connectivity index (χ1n) is 10.4. The maximum atomic E-state index is 12.9. The molecule has 0 spiro atoms. The maximum absolute atomic E-state index is 12.9. The van der Waals surface area contributed by atoms with E-state index in [0.717, 1.165) is 25.2 Å². The molecular weight excluding hydrogens is 567 g/mol. The lowest BCUT2D eigenvalue weighted by atomic mass is 10.1. The van der Waals surface area contributed by atoms with Crippen molar-refractivity contribution >= 4 is 63.4 Å². The molecule has 0 aromatic heterocycles. The van der Waals surface area contributed by atoms with E-state index in [9.17, 15) is 14.4 Å². The highest BCUT2D eigenvalue weighted by atomic mass is 127. The number of carbonyl (C=O) groups is 3. The number of nitrogens with one attached hydrogen (secondary N) is 1. The van der Waals surface area contributed by atoms with Gasteiger partial charge in [0.1, 0.15) is 16.5 Å². The van der Waals surface area contributed by atoms with Gasteiger partial charge in [0.05, 0.1) is 11.3 Å². The average Bonchev–Trinajstić information content (AvgIpc) is 3.03. The Labute approximate surface area is 215 Å². The van der Waals surface area contributed by atoms with Crippen LogP contribution in [0.2, 0.25) is 0 Å². The quantitative estimate of drug-likeness (QED) is 0.175. The number of amides is 2. The zero-order valence-corrected chi connectivity index (χ0v) is 21.5. The number of hydrogen-bond acceptors (Lipinski definition) is 5. The van der Waals surface area contributed by atoms with Crippen LogP contribution in [0.1, 0.15) is 27.0 Å². The van der Waals surface area contributed by atoms with Crippen molar-refractivity contribution in [3.05, 3.63) is 97.2 Å². The summed E-state index contributed by atoms with van der Waals surface area (Å²) in [6.07, 6.45) is 0. The first kappa shape index (κ1) is 24.0. The second-order valence-electron chi connectivity index (χ2n) is 7.86. The highest BCUT2D eigenvalue weighted by Crippen LogP contribution is 2.31. The van der Waals surface area contributed by atoms with Gasteiger partial charge in [-0.05, 0) is 109 Å². The Hall–Kier alpha value is -3.17. The van der Waals surface area contributed by atoms with E-state index in [1.165, 1.54) is 0 Å². The maximum Gasteiger partial charge on any atom is 0.343 e. The van der Waals surface area contributed by atoms with E-state index in [4.69, 9.17) is 16.3 Å². The van der Waals surface area contributed by atoms with Crippen molar-refractivity contribution in [2.24, 2.45) is 0 Å². The number of hydrogen-bond donors (Lipinski definition) is 1. The van der Waals surface area contributed by atoms with Crippen LogP contribution in [0.4, 0.5) is 11.4 Å². The first-order valence-corrected chi connectivity index (χ1v) is 11.8. The highest BCUT2D eigenvalue weighted by molar-refractivity contribution is 14.1. The summed E-state index contributed by atoms with van der Waals surface area (Å²) in [4.78, 5) is 39.2. The molecule has 2 amide bonds. The fourth-order valence-corrected chi connectivity index (χ4v) is 4.08. The molecule has 0 fully saturated rings. The standard InChI is InChI=1S/C26H20ClIN2O4/c1-14-4-5-15(2)23(16(14)3)34-26(33)17-6-10-19(11-7-17)29-22-21(27)24(31)30(25(22)32)20-12-8-18(28)9-13-20/h4-13,29H,1-3H3. The van der Waals surface area contributed by atoms with Gasteiger partial charge in [0.15, 0.2) is 0 Å². The number of ether oxygens (including phenoxy) is 1. The molecule has 4 rings (SSSR count). The van der Waals surface area contributed by atoms with Gasteiger partial charge in [-0.15, -0.1) is 0 Å². The Morgan fingerprint density at radius 2 is 1.50 bits per heavy atom. The van der Waals surface area contributed by atoms with E-state index in [2.05, 4.69) is 27.9 Å². The van der Waals surface area contributed by atoms with Crippen molar-refractivity contribution in [2.75, 3.05) is 10.2 Å². The molecule has 0 radical (unpaired) electrons. The largest absolute Gasteiger partial charge is 0.422 e. The summed E-state index contributed by atoms with van der Waals surface area (Å²) in [5.74, 6) is -1.09. The third-order valence-corrected chi connectivity index (χ3v) is 6.64. The minimum absolute atomic E-state index is 0.0217. The van der Waals surface area contributed by atoms with Crippen LogP contribution >= 0.6 is 34.2 Å². The normalized spacial score (nSPS) is 13.5. The van der Waals surface area contributed by atoms with Crippen molar-refractivity contribution in [2.45, 2.75) is 20.8 Å². The molecule has 3 aromatic carbocycles. The van der Waals surface area contributed by atoms with Crippen LogP contribution in [0.5, 0.6) is 5.75 Å². The van der Waals surface area contributed by atoms with Crippen molar-refractivity contribution in [3.8, 4) is 5.75 Å². The molecule has 1 N–H and O–H groups in total. The molecule has 3 aromatic rings. The fraction of sp³-hybridized carbons (Fsp3) is 0.115. The highest BCUT2D eigenvalue weighted by Gasteiger charge is 2.38. The summed E-state index contributed by atoms with van der Waals surface area (Å²) in [5.41, 5.74) is 4.08. The number of anilines is 2. The fourth-order valence-electron chi connectivity index (χ4n) is 3.50. The summed E-state index contributed by atoms with van der Waals surface area (Å²) >= 11 is 8.33. The van der Waals surface area contributed by atoms with Gasteiger partial charge in [-0.1, -0.05) is 23.7 Å². The van der Waals surface area contributed by atoms with Gasteiger partial charge in [0.25, 0.3) is 11.8 Å². The van der Waals surface area contributed by atoms with Crippen LogP contribution in [-0.4, -0.2) is 17.8 Å². The van der Waals surface area contributed by atoms with Crippen molar-refractivity contribution in [3.63, 3.8) is 0 Å². The summed E-state index contributed by atoms with van der Waals surface area (Å²) in [7, 11) is 0. The van der Waals surface area contributed by atoms with Gasteiger partial charge in [0, 0.05) is 9.26 Å². The minimum Gasteiger partial charge on any atom is -0.422 e. The van der Waals surface area contributed by atoms with E-state index in [1.54, 1.807) is 48.5 Å². The number of esters is 1. The van der Waals surface area contributed by atoms with Gasteiger partial charge >= 0.3 is 5.97 Å². The molecule has 172 valence electrons. The van der Waals surface area contributed by atoms with Crippen LogP contribution in [0.15, 0.2) is 71.4 Å². The third kappa shape index (κ3) is 4.58. The van der Waals surface area contributed by atoms with Crippen LogP contribution in [0.3, 0.4) is 0 Å². The molecule has 8 heteroatoms. The van der Waals surface area contributed by atoms with E-state index >= 15 is 0 Å². The Balaban J connectivity index is 1.50. The molecule has 0 saturated heterocycles. The third-order valence-electron chi connectivity index (χ3n) is 5.57. The number of rotatable bonds is 5. The zero-order chi connectivity index (χ0) is 24.6. The van der Waals surface area contributed by atoms with Crippen molar-refractivity contribution in [1.29, 1.82) is 0 Å². The molecular formula is C26H20ClIN2O4. The van der Waals surface area contributed by atoms with Crippen molar-refractivity contribution in [1.82, 2.24) is 0 Å². The SMILES string of the molecule is Cc1ccc(C)c(OC(=O)c2ccc(NC3=C(Cl)C(=O)N(c4ccc(I)cc4)C3=O)cc2)c1C. The van der Waals surface area contributed by atoms with Crippen LogP contribution < -0.4 is 15.0 Å². The molecule has 1 aliphatic heterocycles. The number of imide groups is 1. The zero-order valence-electron chi connectivity index (χ0n) is 18.6. The molecule has 0 aliphatic carbocycles.